The molecule has 1 heterocycles. The van der Waals surface area contributed by atoms with Crippen molar-refractivity contribution < 1.29 is 9.59 Å². The van der Waals surface area contributed by atoms with Crippen molar-refractivity contribution in [1.82, 2.24) is 4.90 Å². The SMILES string of the molecule is CC(C(=O)c1ccccc1)N1CCC(C(N)=O)CC1. The van der Waals surface area contributed by atoms with Crippen LogP contribution in [-0.4, -0.2) is 35.7 Å². The number of nitrogens with zero attached hydrogens (tertiary/aromatic N) is 1. The smallest absolute Gasteiger partial charge is 0.220 e. The second kappa shape index (κ2) is 5.97. The molecule has 1 aliphatic heterocycles. The predicted octanol–water partition coefficient (Wildman–Crippen LogP) is 1.46. The molecule has 1 atom stereocenters. The topological polar surface area (TPSA) is 63.4 Å². The van der Waals surface area contributed by atoms with E-state index in [1.165, 1.54) is 0 Å². The second-order valence-electron chi connectivity index (χ2n) is 5.12. The molecule has 0 aromatic heterocycles. The van der Waals surface area contributed by atoms with Crippen LogP contribution in [0.2, 0.25) is 0 Å². The second-order valence-corrected chi connectivity index (χ2v) is 5.12. The molecule has 0 saturated carbocycles. The summed E-state index contributed by atoms with van der Waals surface area (Å²) in [6, 6.07) is 9.19. The Morgan fingerprint density at radius 3 is 2.32 bits per heavy atom. The highest BCUT2D eigenvalue weighted by Gasteiger charge is 2.28. The number of rotatable bonds is 4. The van der Waals surface area contributed by atoms with E-state index in [1.807, 2.05) is 37.3 Å². The maximum atomic E-state index is 12.3. The molecule has 1 amide bonds. The van der Waals surface area contributed by atoms with E-state index in [1.54, 1.807) is 0 Å². The number of nitrogens with two attached hydrogens (primary N) is 1. The van der Waals surface area contributed by atoms with Crippen molar-refractivity contribution in [3.05, 3.63) is 35.9 Å². The number of carbonyl (C=O) groups is 2. The minimum absolute atomic E-state index is 0.0322. The first-order valence-corrected chi connectivity index (χ1v) is 6.72. The molecule has 1 unspecified atom stereocenters. The molecule has 1 fully saturated rings. The molecule has 0 radical (unpaired) electrons. The van der Waals surface area contributed by atoms with E-state index in [2.05, 4.69) is 4.90 Å². The zero-order valence-electron chi connectivity index (χ0n) is 11.2. The quantitative estimate of drug-likeness (QED) is 0.833. The Bertz CT molecular complexity index is 450. The zero-order chi connectivity index (χ0) is 13.8. The van der Waals surface area contributed by atoms with Gasteiger partial charge in [0, 0.05) is 11.5 Å². The molecule has 1 saturated heterocycles. The van der Waals surface area contributed by atoms with Crippen LogP contribution in [0.3, 0.4) is 0 Å². The van der Waals surface area contributed by atoms with Gasteiger partial charge in [0.2, 0.25) is 5.91 Å². The molecule has 4 nitrogen and oxygen atoms in total. The molecule has 1 aliphatic rings. The van der Waals surface area contributed by atoms with Crippen LogP contribution in [0, 0.1) is 5.92 Å². The summed E-state index contributed by atoms with van der Waals surface area (Å²) in [6.45, 7) is 3.45. The summed E-state index contributed by atoms with van der Waals surface area (Å²) in [5.74, 6) is -0.116. The average molecular weight is 260 g/mol. The van der Waals surface area contributed by atoms with Crippen LogP contribution in [0.25, 0.3) is 0 Å². The van der Waals surface area contributed by atoms with Gasteiger partial charge in [-0.15, -0.1) is 0 Å². The molecule has 1 aromatic rings. The monoisotopic (exact) mass is 260 g/mol. The normalized spacial score (nSPS) is 19.0. The highest BCUT2D eigenvalue weighted by atomic mass is 16.1. The molecule has 102 valence electrons. The van der Waals surface area contributed by atoms with Gasteiger partial charge in [0.05, 0.1) is 6.04 Å². The van der Waals surface area contributed by atoms with Crippen LogP contribution < -0.4 is 5.73 Å². The average Bonchev–Trinajstić information content (AvgIpc) is 2.46. The number of likely N-dealkylation sites (tertiary alicyclic amines) is 1. The van der Waals surface area contributed by atoms with Crippen LogP contribution in [0.5, 0.6) is 0 Å². The van der Waals surface area contributed by atoms with Gasteiger partial charge in [0.1, 0.15) is 0 Å². The highest BCUT2D eigenvalue weighted by Crippen LogP contribution is 2.20. The van der Waals surface area contributed by atoms with Gasteiger partial charge in [-0.05, 0) is 32.9 Å². The maximum Gasteiger partial charge on any atom is 0.220 e. The highest BCUT2D eigenvalue weighted by molar-refractivity contribution is 5.99. The van der Waals surface area contributed by atoms with Crippen LogP contribution in [0.15, 0.2) is 30.3 Å². The van der Waals surface area contributed by atoms with Crippen molar-refractivity contribution in [3.63, 3.8) is 0 Å². The number of hydrogen-bond donors (Lipinski definition) is 1. The molecule has 2 N–H and O–H groups in total. The zero-order valence-corrected chi connectivity index (χ0v) is 11.2. The Balaban J connectivity index is 1.96. The van der Waals surface area contributed by atoms with Gasteiger partial charge in [0.15, 0.2) is 5.78 Å². The van der Waals surface area contributed by atoms with Crippen molar-refractivity contribution in [2.75, 3.05) is 13.1 Å². The minimum atomic E-state index is -0.221. The molecule has 4 heteroatoms. The number of primary amides is 1. The van der Waals surface area contributed by atoms with Crippen LogP contribution in [0.4, 0.5) is 0 Å². The minimum Gasteiger partial charge on any atom is -0.369 e. The first-order valence-electron chi connectivity index (χ1n) is 6.72. The van der Waals surface area contributed by atoms with E-state index in [9.17, 15) is 9.59 Å². The number of amides is 1. The van der Waals surface area contributed by atoms with Gasteiger partial charge in [-0.3, -0.25) is 14.5 Å². The van der Waals surface area contributed by atoms with E-state index in [4.69, 9.17) is 5.73 Å². The van der Waals surface area contributed by atoms with Gasteiger partial charge < -0.3 is 5.73 Å². The number of Topliss-reactive ketones (excluding diaryl/α,β-unsaturated/α-hetero) is 1. The van der Waals surface area contributed by atoms with Crippen molar-refractivity contribution >= 4 is 11.7 Å². The Labute approximate surface area is 113 Å². The maximum absolute atomic E-state index is 12.3. The van der Waals surface area contributed by atoms with Gasteiger partial charge in [0.25, 0.3) is 0 Å². The third kappa shape index (κ3) is 3.20. The Morgan fingerprint density at radius 2 is 1.79 bits per heavy atom. The molecule has 19 heavy (non-hydrogen) atoms. The van der Waals surface area contributed by atoms with Gasteiger partial charge in [-0.2, -0.15) is 0 Å². The van der Waals surface area contributed by atoms with Crippen molar-refractivity contribution in [1.29, 1.82) is 0 Å². The van der Waals surface area contributed by atoms with Gasteiger partial charge in [-0.25, -0.2) is 0 Å². The van der Waals surface area contributed by atoms with E-state index in [-0.39, 0.29) is 23.7 Å². The summed E-state index contributed by atoms with van der Waals surface area (Å²) in [6.07, 6.45) is 1.50. The Morgan fingerprint density at radius 1 is 1.21 bits per heavy atom. The number of carbonyl (C=O) groups excluding carboxylic acids is 2. The van der Waals surface area contributed by atoms with Crippen LogP contribution in [0.1, 0.15) is 30.1 Å². The first-order chi connectivity index (χ1) is 9.09. The Hall–Kier alpha value is -1.68. The fourth-order valence-electron chi connectivity index (χ4n) is 2.58. The number of benzene rings is 1. The van der Waals surface area contributed by atoms with E-state index in [0.29, 0.717) is 0 Å². The lowest BCUT2D eigenvalue weighted by molar-refractivity contribution is -0.123. The van der Waals surface area contributed by atoms with Gasteiger partial charge in [-0.1, -0.05) is 30.3 Å². The third-order valence-electron chi connectivity index (χ3n) is 3.92. The van der Waals surface area contributed by atoms with Crippen molar-refractivity contribution in [2.45, 2.75) is 25.8 Å². The molecular formula is C15H20N2O2. The summed E-state index contributed by atoms with van der Waals surface area (Å²) in [4.78, 5) is 25.6. The van der Waals surface area contributed by atoms with E-state index < -0.39 is 0 Å². The molecule has 0 bridgehead atoms. The van der Waals surface area contributed by atoms with Crippen molar-refractivity contribution in [2.24, 2.45) is 11.7 Å². The summed E-state index contributed by atoms with van der Waals surface area (Å²) < 4.78 is 0. The molecular weight excluding hydrogens is 240 g/mol. The van der Waals surface area contributed by atoms with Crippen LogP contribution >= 0.6 is 0 Å². The number of ketones is 1. The number of piperidine rings is 1. The molecule has 0 spiro atoms. The molecule has 1 aromatic carbocycles. The summed E-state index contributed by atoms with van der Waals surface area (Å²) in [7, 11) is 0. The number of hydrogen-bond acceptors (Lipinski definition) is 3. The van der Waals surface area contributed by atoms with E-state index in [0.717, 1.165) is 31.5 Å². The molecule has 2 rings (SSSR count). The molecule has 0 aliphatic carbocycles. The lowest BCUT2D eigenvalue weighted by Gasteiger charge is -2.34. The fraction of sp³-hybridized carbons (Fsp3) is 0.467. The van der Waals surface area contributed by atoms with E-state index >= 15 is 0 Å². The summed E-state index contributed by atoms with van der Waals surface area (Å²) >= 11 is 0. The lowest BCUT2D eigenvalue weighted by Crippen LogP contribution is -2.46. The van der Waals surface area contributed by atoms with Crippen LogP contribution in [-0.2, 0) is 4.79 Å². The fourth-order valence-corrected chi connectivity index (χ4v) is 2.58. The largest absolute Gasteiger partial charge is 0.369 e. The summed E-state index contributed by atoms with van der Waals surface area (Å²) in [5.41, 5.74) is 6.06. The first kappa shape index (κ1) is 13.7. The van der Waals surface area contributed by atoms with Gasteiger partial charge >= 0.3 is 0 Å². The standard InChI is InChI=1S/C15H20N2O2/c1-11(14(18)12-5-3-2-4-6-12)17-9-7-13(8-10-17)15(16)19/h2-6,11,13H,7-10H2,1H3,(H2,16,19). The predicted molar refractivity (Wildman–Crippen MR) is 73.7 cm³/mol. The lowest BCUT2D eigenvalue weighted by atomic mass is 9.94. The summed E-state index contributed by atoms with van der Waals surface area (Å²) in [5, 5.41) is 0. The van der Waals surface area contributed by atoms with Crippen molar-refractivity contribution in [3.8, 4) is 0 Å². The third-order valence-corrected chi connectivity index (χ3v) is 3.92. The Kier molecular flexibility index (Phi) is 4.32.